The van der Waals surface area contributed by atoms with E-state index in [1.165, 1.54) is 0 Å². The number of nitrogens with zero attached hydrogens (tertiary/aromatic N) is 4. The molecule has 0 bridgehead atoms. The Morgan fingerprint density at radius 1 is 1.40 bits per heavy atom. The highest BCUT2D eigenvalue weighted by atomic mass is 79.9. The van der Waals surface area contributed by atoms with Gasteiger partial charge in [0.25, 0.3) is 0 Å². The molecule has 0 aliphatic rings. The maximum absolute atomic E-state index is 9.11. The highest BCUT2D eigenvalue weighted by Gasteiger charge is 2.15. The van der Waals surface area contributed by atoms with Crippen molar-refractivity contribution >= 4 is 21.6 Å². The first kappa shape index (κ1) is 14.5. The van der Waals surface area contributed by atoms with Crippen LogP contribution in [0.1, 0.15) is 32.0 Å². The smallest absolute Gasteiger partial charge is 0.102 e. The number of hydrogen-bond acceptors (Lipinski definition) is 4. The predicted molar refractivity (Wildman–Crippen MR) is 81.2 cm³/mol. The molecule has 1 N–H and O–H groups in total. The summed E-state index contributed by atoms with van der Waals surface area (Å²) in [6.07, 6.45) is 1.91. The van der Waals surface area contributed by atoms with Crippen molar-refractivity contribution in [1.82, 2.24) is 15.0 Å². The summed E-state index contributed by atoms with van der Waals surface area (Å²) >= 11 is 3.35. The molecule has 2 aromatic rings. The Labute approximate surface area is 126 Å². The summed E-state index contributed by atoms with van der Waals surface area (Å²) in [5.74, 6) is 0. The van der Waals surface area contributed by atoms with Crippen LogP contribution >= 0.6 is 15.9 Å². The highest BCUT2D eigenvalue weighted by molar-refractivity contribution is 9.10. The standard InChI is InChI=1S/C14H16BrN5/c1-14(2,3)20-9-12(18-19-20)8-17-13-5-4-11(15)6-10(13)7-16/h4-6,9,17H,8H2,1-3H3. The average molecular weight is 334 g/mol. The molecule has 0 saturated heterocycles. The molecule has 104 valence electrons. The van der Waals surface area contributed by atoms with Crippen molar-refractivity contribution in [2.75, 3.05) is 5.32 Å². The van der Waals surface area contributed by atoms with Gasteiger partial charge in [0, 0.05) is 4.47 Å². The third-order valence-electron chi connectivity index (χ3n) is 2.79. The van der Waals surface area contributed by atoms with E-state index in [0.717, 1.165) is 15.9 Å². The van der Waals surface area contributed by atoms with Crippen LogP contribution in [0.4, 0.5) is 5.69 Å². The van der Waals surface area contributed by atoms with Gasteiger partial charge < -0.3 is 5.32 Å². The molecule has 0 unspecified atom stereocenters. The van der Waals surface area contributed by atoms with E-state index in [1.807, 2.05) is 23.0 Å². The van der Waals surface area contributed by atoms with Crippen LogP contribution in [0.3, 0.4) is 0 Å². The molecular weight excluding hydrogens is 318 g/mol. The summed E-state index contributed by atoms with van der Waals surface area (Å²) in [5.41, 5.74) is 2.15. The zero-order valence-corrected chi connectivity index (χ0v) is 13.3. The van der Waals surface area contributed by atoms with Gasteiger partial charge in [-0.1, -0.05) is 21.1 Å². The van der Waals surface area contributed by atoms with E-state index >= 15 is 0 Å². The molecule has 0 aliphatic carbocycles. The van der Waals surface area contributed by atoms with E-state index in [0.29, 0.717) is 12.1 Å². The first-order valence-corrected chi connectivity index (χ1v) is 7.04. The van der Waals surface area contributed by atoms with Gasteiger partial charge in [-0.15, -0.1) is 5.10 Å². The minimum absolute atomic E-state index is 0.0827. The lowest BCUT2D eigenvalue weighted by atomic mass is 10.1. The van der Waals surface area contributed by atoms with Crippen molar-refractivity contribution in [2.24, 2.45) is 0 Å². The number of hydrogen-bond donors (Lipinski definition) is 1. The number of nitriles is 1. The largest absolute Gasteiger partial charge is 0.378 e. The molecule has 1 aromatic carbocycles. The second kappa shape index (κ2) is 5.63. The second-order valence-corrected chi connectivity index (χ2v) is 6.40. The van der Waals surface area contributed by atoms with E-state index < -0.39 is 0 Å². The summed E-state index contributed by atoms with van der Waals surface area (Å²) in [6, 6.07) is 7.72. The Morgan fingerprint density at radius 2 is 2.15 bits per heavy atom. The van der Waals surface area contributed by atoms with Gasteiger partial charge in [-0.2, -0.15) is 5.26 Å². The third-order valence-corrected chi connectivity index (χ3v) is 3.28. The van der Waals surface area contributed by atoms with Crippen molar-refractivity contribution in [3.05, 3.63) is 40.1 Å². The SMILES string of the molecule is CC(C)(C)n1cc(CNc2ccc(Br)cc2C#N)nn1. The lowest BCUT2D eigenvalue weighted by molar-refractivity contribution is 0.347. The lowest BCUT2D eigenvalue weighted by Crippen LogP contribution is -2.22. The molecule has 0 amide bonds. The fourth-order valence-electron chi connectivity index (χ4n) is 1.66. The van der Waals surface area contributed by atoms with Crippen LogP contribution in [0.25, 0.3) is 0 Å². The summed E-state index contributed by atoms with van der Waals surface area (Å²) in [6.45, 7) is 6.75. The molecule has 0 atom stereocenters. The van der Waals surface area contributed by atoms with Gasteiger partial charge in [-0.3, -0.25) is 0 Å². The number of anilines is 1. The van der Waals surface area contributed by atoms with Gasteiger partial charge in [-0.25, -0.2) is 4.68 Å². The van der Waals surface area contributed by atoms with Gasteiger partial charge in [0.1, 0.15) is 11.8 Å². The van der Waals surface area contributed by atoms with E-state index in [4.69, 9.17) is 5.26 Å². The fourth-order valence-corrected chi connectivity index (χ4v) is 2.02. The Kier molecular flexibility index (Phi) is 4.09. The van der Waals surface area contributed by atoms with Crippen LogP contribution in [-0.4, -0.2) is 15.0 Å². The molecule has 0 aliphatic heterocycles. The molecule has 2 rings (SSSR count). The molecule has 1 heterocycles. The topological polar surface area (TPSA) is 66.5 Å². The summed E-state index contributed by atoms with van der Waals surface area (Å²) in [5, 5.41) is 20.6. The monoisotopic (exact) mass is 333 g/mol. The number of nitrogens with one attached hydrogen (secondary N) is 1. The number of benzene rings is 1. The number of halogens is 1. The molecule has 0 fully saturated rings. The van der Waals surface area contributed by atoms with Crippen molar-refractivity contribution in [1.29, 1.82) is 5.26 Å². The van der Waals surface area contributed by atoms with Gasteiger partial charge in [0.2, 0.25) is 0 Å². The minimum atomic E-state index is -0.0827. The van der Waals surface area contributed by atoms with Crippen molar-refractivity contribution in [2.45, 2.75) is 32.9 Å². The zero-order chi connectivity index (χ0) is 14.8. The molecule has 0 spiro atoms. The minimum Gasteiger partial charge on any atom is -0.378 e. The Bertz CT molecular complexity index is 648. The molecule has 6 heteroatoms. The van der Waals surface area contributed by atoms with Crippen LogP contribution in [0, 0.1) is 11.3 Å². The lowest BCUT2D eigenvalue weighted by Gasteiger charge is -2.17. The van der Waals surface area contributed by atoms with Gasteiger partial charge in [0.05, 0.1) is 29.5 Å². The van der Waals surface area contributed by atoms with Crippen LogP contribution in [-0.2, 0) is 12.1 Å². The number of aromatic nitrogens is 3. The Balaban J connectivity index is 2.10. The molecule has 0 radical (unpaired) electrons. The zero-order valence-electron chi connectivity index (χ0n) is 11.7. The second-order valence-electron chi connectivity index (χ2n) is 5.48. The first-order valence-electron chi connectivity index (χ1n) is 6.25. The maximum atomic E-state index is 9.11. The third kappa shape index (κ3) is 3.36. The molecule has 5 nitrogen and oxygen atoms in total. The highest BCUT2D eigenvalue weighted by Crippen LogP contribution is 2.21. The fraction of sp³-hybridized carbons (Fsp3) is 0.357. The van der Waals surface area contributed by atoms with Crippen LogP contribution in [0.5, 0.6) is 0 Å². The number of rotatable bonds is 3. The Hall–Kier alpha value is -1.87. The van der Waals surface area contributed by atoms with E-state index in [2.05, 4.69) is 58.4 Å². The molecule has 0 saturated carbocycles. The van der Waals surface area contributed by atoms with Crippen LogP contribution in [0.2, 0.25) is 0 Å². The predicted octanol–water partition coefficient (Wildman–Crippen LogP) is 3.28. The van der Waals surface area contributed by atoms with Crippen molar-refractivity contribution < 1.29 is 0 Å². The quantitative estimate of drug-likeness (QED) is 0.935. The summed E-state index contributed by atoms with van der Waals surface area (Å²) < 4.78 is 2.72. The van der Waals surface area contributed by atoms with Crippen LogP contribution in [0.15, 0.2) is 28.9 Å². The van der Waals surface area contributed by atoms with E-state index in [-0.39, 0.29) is 5.54 Å². The normalized spacial score (nSPS) is 11.2. The Morgan fingerprint density at radius 3 is 2.75 bits per heavy atom. The average Bonchev–Trinajstić information content (AvgIpc) is 2.86. The molecule has 20 heavy (non-hydrogen) atoms. The van der Waals surface area contributed by atoms with E-state index in [9.17, 15) is 0 Å². The van der Waals surface area contributed by atoms with Crippen LogP contribution < -0.4 is 5.32 Å². The molecular formula is C14H16BrN5. The van der Waals surface area contributed by atoms with E-state index in [1.54, 1.807) is 6.07 Å². The van der Waals surface area contributed by atoms with Gasteiger partial charge >= 0.3 is 0 Å². The first-order chi connectivity index (χ1) is 9.40. The molecule has 1 aromatic heterocycles. The summed E-state index contributed by atoms with van der Waals surface area (Å²) in [7, 11) is 0. The van der Waals surface area contributed by atoms with Crippen molar-refractivity contribution in [3.63, 3.8) is 0 Å². The van der Waals surface area contributed by atoms with Crippen molar-refractivity contribution in [3.8, 4) is 6.07 Å². The van der Waals surface area contributed by atoms with Gasteiger partial charge in [-0.05, 0) is 39.0 Å². The van der Waals surface area contributed by atoms with Gasteiger partial charge in [0.15, 0.2) is 0 Å². The maximum Gasteiger partial charge on any atom is 0.102 e. The summed E-state index contributed by atoms with van der Waals surface area (Å²) in [4.78, 5) is 0.